The highest BCUT2D eigenvalue weighted by Crippen LogP contribution is 2.22. The van der Waals surface area contributed by atoms with Crippen molar-refractivity contribution in [3.05, 3.63) is 46.5 Å². The van der Waals surface area contributed by atoms with E-state index < -0.39 is 30.4 Å². The summed E-state index contributed by atoms with van der Waals surface area (Å²) in [5.74, 6) is -2.48. The number of hydrogen-bond donors (Lipinski definition) is 2. The first-order chi connectivity index (χ1) is 12.0. The Hall–Kier alpha value is -2.94. The molecular weight excluding hydrogens is 348 g/mol. The van der Waals surface area contributed by atoms with E-state index >= 15 is 0 Å². The zero-order valence-corrected chi connectivity index (χ0v) is 14.1. The average Bonchev–Trinajstić information content (AvgIpc) is 3.24. The first-order valence-electron chi connectivity index (χ1n) is 7.29. The molecule has 0 fully saturated rings. The number of hydrogen-bond acceptors (Lipinski definition) is 7. The lowest BCUT2D eigenvalue weighted by molar-refractivity contribution is -0.149. The van der Waals surface area contributed by atoms with Crippen molar-refractivity contribution < 1.29 is 28.3 Å². The van der Waals surface area contributed by atoms with Gasteiger partial charge in [0.15, 0.2) is 12.4 Å². The molecule has 25 heavy (non-hydrogen) atoms. The molecule has 0 saturated carbocycles. The topological polar surface area (TPSA) is 115 Å². The van der Waals surface area contributed by atoms with Gasteiger partial charge in [-0.25, -0.2) is 0 Å². The molecule has 1 atom stereocenters. The van der Waals surface area contributed by atoms with Crippen molar-refractivity contribution in [3.63, 3.8) is 0 Å². The molecule has 2 rings (SSSR count). The average molecular weight is 364 g/mol. The van der Waals surface area contributed by atoms with Gasteiger partial charge in [0.1, 0.15) is 0 Å². The monoisotopic (exact) mass is 364 g/mol. The maximum Gasteiger partial charge on any atom is 0.308 e. The van der Waals surface area contributed by atoms with Gasteiger partial charge in [-0.15, -0.1) is 11.3 Å². The molecule has 2 aromatic heterocycles. The second kappa shape index (κ2) is 8.78. The summed E-state index contributed by atoms with van der Waals surface area (Å²) in [4.78, 5) is 47.2. The van der Waals surface area contributed by atoms with Crippen LogP contribution >= 0.6 is 11.3 Å². The molecule has 0 radical (unpaired) electrons. The van der Waals surface area contributed by atoms with Gasteiger partial charge in [-0.3, -0.25) is 24.5 Å². The molecule has 0 aliphatic rings. The van der Waals surface area contributed by atoms with Crippen LogP contribution in [-0.4, -0.2) is 30.3 Å². The van der Waals surface area contributed by atoms with E-state index in [9.17, 15) is 19.2 Å². The second-order valence-electron chi connectivity index (χ2n) is 4.99. The number of carbonyl (C=O) groups excluding carboxylic acids is 4. The van der Waals surface area contributed by atoms with Crippen molar-refractivity contribution in [2.24, 2.45) is 0 Å². The van der Waals surface area contributed by atoms with Crippen LogP contribution in [0.2, 0.25) is 0 Å². The van der Waals surface area contributed by atoms with E-state index in [1.165, 1.54) is 36.7 Å². The maximum absolute atomic E-state index is 11.9. The quantitative estimate of drug-likeness (QED) is 0.718. The number of rotatable bonds is 7. The fourth-order valence-corrected chi connectivity index (χ4v) is 2.74. The summed E-state index contributed by atoms with van der Waals surface area (Å²) in [7, 11) is 0. The van der Waals surface area contributed by atoms with Crippen molar-refractivity contribution in [2.75, 3.05) is 6.61 Å². The van der Waals surface area contributed by atoms with Crippen molar-refractivity contribution in [1.82, 2.24) is 10.6 Å². The third-order valence-electron chi connectivity index (χ3n) is 3.00. The molecule has 3 amide bonds. The van der Waals surface area contributed by atoms with Gasteiger partial charge < -0.3 is 14.5 Å². The molecule has 0 aromatic carbocycles. The Kier molecular flexibility index (Phi) is 6.47. The highest BCUT2D eigenvalue weighted by molar-refractivity contribution is 7.10. The Bertz CT molecular complexity index is 739. The lowest BCUT2D eigenvalue weighted by Crippen LogP contribution is -2.34. The smallest absolute Gasteiger partial charge is 0.308 e. The van der Waals surface area contributed by atoms with E-state index in [1.807, 2.05) is 10.7 Å². The molecule has 0 aliphatic heterocycles. The van der Waals surface area contributed by atoms with E-state index in [1.54, 1.807) is 12.1 Å². The van der Waals surface area contributed by atoms with Crippen LogP contribution in [-0.2, 0) is 19.1 Å². The Morgan fingerprint density at radius 3 is 2.64 bits per heavy atom. The third-order valence-corrected chi connectivity index (χ3v) is 3.98. The highest BCUT2D eigenvalue weighted by Gasteiger charge is 2.20. The van der Waals surface area contributed by atoms with Gasteiger partial charge in [0.25, 0.3) is 11.8 Å². The summed E-state index contributed by atoms with van der Waals surface area (Å²) in [6.07, 6.45) is 1.17. The van der Waals surface area contributed by atoms with Crippen LogP contribution in [0.3, 0.4) is 0 Å². The summed E-state index contributed by atoms with van der Waals surface area (Å²) >= 11 is 1.39. The van der Waals surface area contributed by atoms with Gasteiger partial charge in [0.05, 0.1) is 18.7 Å². The molecule has 2 aromatic rings. The van der Waals surface area contributed by atoms with Gasteiger partial charge >= 0.3 is 5.97 Å². The van der Waals surface area contributed by atoms with Gasteiger partial charge in [-0.05, 0) is 23.6 Å². The van der Waals surface area contributed by atoms with Gasteiger partial charge in [-0.2, -0.15) is 0 Å². The van der Waals surface area contributed by atoms with Crippen LogP contribution in [0, 0.1) is 0 Å². The maximum atomic E-state index is 11.9. The number of ether oxygens (including phenoxy) is 1. The Labute approximate surface area is 147 Å². The molecule has 132 valence electrons. The van der Waals surface area contributed by atoms with E-state index in [0.717, 1.165) is 4.88 Å². The van der Waals surface area contributed by atoms with Crippen LogP contribution < -0.4 is 10.6 Å². The number of esters is 1. The largest absolute Gasteiger partial charge is 0.459 e. The van der Waals surface area contributed by atoms with Crippen LogP contribution in [0.1, 0.15) is 34.8 Å². The van der Waals surface area contributed by atoms with Gasteiger partial charge in [-0.1, -0.05) is 6.07 Å². The Balaban J connectivity index is 1.81. The van der Waals surface area contributed by atoms with Crippen molar-refractivity contribution in [3.8, 4) is 0 Å². The summed E-state index contributed by atoms with van der Waals surface area (Å²) in [5, 5.41) is 6.51. The molecule has 0 aliphatic carbocycles. The third kappa shape index (κ3) is 5.88. The minimum Gasteiger partial charge on any atom is -0.459 e. The molecule has 0 bridgehead atoms. The van der Waals surface area contributed by atoms with Crippen molar-refractivity contribution >= 4 is 35.0 Å². The number of imide groups is 1. The van der Waals surface area contributed by atoms with Crippen molar-refractivity contribution in [2.45, 2.75) is 19.4 Å². The Morgan fingerprint density at radius 2 is 2.04 bits per heavy atom. The van der Waals surface area contributed by atoms with Crippen LogP contribution in [0.25, 0.3) is 0 Å². The first kappa shape index (κ1) is 18.4. The van der Waals surface area contributed by atoms with Crippen molar-refractivity contribution in [1.29, 1.82) is 0 Å². The predicted octanol–water partition coefficient (Wildman–Crippen LogP) is 1.41. The number of furan rings is 1. The highest BCUT2D eigenvalue weighted by atomic mass is 32.1. The zero-order valence-electron chi connectivity index (χ0n) is 13.3. The molecular formula is C16H16N2O6S. The number of nitrogens with one attached hydrogen (secondary N) is 2. The minimum atomic E-state index is -0.776. The molecule has 2 N–H and O–H groups in total. The predicted molar refractivity (Wildman–Crippen MR) is 87.6 cm³/mol. The van der Waals surface area contributed by atoms with Crippen LogP contribution in [0.4, 0.5) is 0 Å². The van der Waals surface area contributed by atoms with Crippen LogP contribution in [0.5, 0.6) is 0 Å². The van der Waals surface area contributed by atoms with Crippen LogP contribution in [0.15, 0.2) is 40.3 Å². The fraction of sp³-hybridized carbons (Fsp3) is 0.250. The lowest BCUT2D eigenvalue weighted by atomic mass is 10.1. The molecule has 0 spiro atoms. The summed E-state index contributed by atoms with van der Waals surface area (Å²) in [6.45, 7) is 0.738. The minimum absolute atomic E-state index is 0.0249. The SMILES string of the molecule is CC(=O)NC(CC(=O)OCC(=O)NC(=O)c1ccco1)c1cccs1. The Morgan fingerprint density at radius 1 is 1.24 bits per heavy atom. The fourth-order valence-electron chi connectivity index (χ4n) is 1.96. The standard InChI is InChI=1S/C16H16N2O6S/c1-10(19)17-11(13-5-3-7-25-13)8-15(21)24-9-14(20)18-16(22)12-4-2-6-23-12/h2-7,11H,8-9H2,1H3,(H,17,19)(H,18,20,22). The molecule has 8 nitrogen and oxygen atoms in total. The summed E-state index contributed by atoms with van der Waals surface area (Å²) < 4.78 is 9.69. The van der Waals surface area contributed by atoms with Gasteiger partial charge in [0, 0.05) is 11.8 Å². The lowest BCUT2D eigenvalue weighted by Gasteiger charge is -2.15. The molecule has 2 heterocycles. The summed E-state index contributed by atoms with van der Waals surface area (Å²) in [5.41, 5.74) is 0. The molecule has 0 saturated heterocycles. The molecule has 1 unspecified atom stereocenters. The number of carbonyl (C=O) groups is 4. The zero-order chi connectivity index (χ0) is 18.2. The second-order valence-corrected chi connectivity index (χ2v) is 5.97. The normalized spacial score (nSPS) is 11.4. The molecule has 9 heteroatoms. The first-order valence-corrected chi connectivity index (χ1v) is 8.17. The summed E-state index contributed by atoms with van der Waals surface area (Å²) in [6, 6.07) is 5.96. The van der Waals surface area contributed by atoms with Gasteiger partial charge in [0.2, 0.25) is 5.91 Å². The van der Waals surface area contributed by atoms with E-state index in [0.29, 0.717) is 0 Å². The van der Waals surface area contributed by atoms with E-state index in [4.69, 9.17) is 9.15 Å². The van der Waals surface area contributed by atoms with E-state index in [-0.39, 0.29) is 18.1 Å². The number of thiophene rings is 1. The van der Waals surface area contributed by atoms with E-state index in [2.05, 4.69) is 5.32 Å². The number of amides is 3.